The number of benzene rings is 1. The third kappa shape index (κ3) is 3.48. The molecule has 0 spiro atoms. The van der Waals surface area contributed by atoms with Crippen LogP contribution < -0.4 is 10.5 Å². The van der Waals surface area contributed by atoms with Crippen LogP contribution >= 0.6 is 11.8 Å². The van der Waals surface area contributed by atoms with Gasteiger partial charge < -0.3 is 15.0 Å². The lowest BCUT2D eigenvalue weighted by Crippen LogP contribution is -2.05. The predicted octanol–water partition coefficient (Wildman–Crippen LogP) is 1.96. The fourth-order valence-corrected chi connectivity index (χ4v) is 2.53. The fraction of sp³-hybridized carbons (Fsp3) is 0.385. The van der Waals surface area contributed by atoms with Gasteiger partial charge in [-0.15, -0.1) is 10.2 Å². The number of nitrogens with two attached hydrogens (primary N) is 1. The van der Waals surface area contributed by atoms with Crippen molar-refractivity contribution in [3.63, 3.8) is 0 Å². The Morgan fingerprint density at radius 3 is 2.58 bits per heavy atom. The molecule has 1 aromatic heterocycles. The van der Waals surface area contributed by atoms with E-state index in [0.29, 0.717) is 13.2 Å². The van der Waals surface area contributed by atoms with Crippen molar-refractivity contribution < 1.29 is 4.74 Å². The molecule has 0 aliphatic carbocycles. The zero-order valence-corrected chi connectivity index (χ0v) is 12.0. The molecule has 0 atom stereocenters. The minimum absolute atomic E-state index is 0.410. The maximum atomic E-state index is 5.57. The smallest absolute Gasteiger partial charge is 0.191 e. The molecule has 19 heavy (non-hydrogen) atoms. The molecule has 0 radical (unpaired) electrons. The van der Waals surface area contributed by atoms with Gasteiger partial charge in [0.25, 0.3) is 0 Å². The summed E-state index contributed by atoms with van der Waals surface area (Å²) >= 11 is 1.65. The van der Waals surface area contributed by atoms with E-state index >= 15 is 0 Å². The maximum Gasteiger partial charge on any atom is 0.191 e. The lowest BCUT2D eigenvalue weighted by molar-refractivity contribution is 0.340. The van der Waals surface area contributed by atoms with E-state index in [1.54, 1.807) is 11.8 Å². The highest BCUT2D eigenvalue weighted by Gasteiger charge is 2.07. The molecule has 2 rings (SSSR count). The number of thioether (sulfide) groups is 1. The molecular weight excluding hydrogens is 260 g/mol. The van der Waals surface area contributed by atoms with Crippen LogP contribution in [0.5, 0.6) is 5.75 Å². The Balaban J connectivity index is 1.96. The van der Waals surface area contributed by atoms with Gasteiger partial charge in [-0.2, -0.15) is 0 Å². The Bertz CT molecular complexity index is 524. The van der Waals surface area contributed by atoms with Crippen molar-refractivity contribution in [3.05, 3.63) is 35.7 Å². The van der Waals surface area contributed by atoms with Crippen molar-refractivity contribution in [3.8, 4) is 5.75 Å². The van der Waals surface area contributed by atoms with E-state index in [9.17, 15) is 0 Å². The second-order valence-corrected chi connectivity index (χ2v) is 4.97. The molecule has 102 valence electrons. The number of aromatic nitrogens is 3. The quantitative estimate of drug-likeness (QED) is 0.818. The Morgan fingerprint density at radius 2 is 2.00 bits per heavy atom. The third-order valence-electron chi connectivity index (χ3n) is 2.71. The second-order valence-electron chi connectivity index (χ2n) is 4.03. The average Bonchev–Trinajstić information content (AvgIpc) is 2.79. The van der Waals surface area contributed by atoms with E-state index in [1.807, 2.05) is 30.7 Å². The first-order valence-electron chi connectivity index (χ1n) is 6.17. The van der Waals surface area contributed by atoms with Crippen LogP contribution in [-0.2, 0) is 19.3 Å². The molecule has 6 heteroatoms. The molecule has 1 aromatic carbocycles. The Kier molecular flexibility index (Phi) is 4.81. The predicted molar refractivity (Wildman–Crippen MR) is 76.1 cm³/mol. The molecular formula is C13H18N4OS. The van der Waals surface area contributed by atoms with Gasteiger partial charge in [0.05, 0.1) is 13.2 Å². The van der Waals surface area contributed by atoms with Gasteiger partial charge in [-0.05, 0) is 24.6 Å². The van der Waals surface area contributed by atoms with E-state index in [4.69, 9.17) is 10.5 Å². The van der Waals surface area contributed by atoms with Crippen LogP contribution in [0.1, 0.15) is 18.3 Å². The Labute approximate surface area is 117 Å². The van der Waals surface area contributed by atoms with E-state index in [0.717, 1.165) is 22.5 Å². The largest absolute Gasteiger partial charge is 0.494 e. The van der Waals surface area contributed by atoms with Gasteiger partial charge in [-0.3, -0.25) is 0 Å². The monoisotopic (exact) mass is 278 g/mol. The fourth-order valence-electron chi connectivity index (χ4n) is 1.64. The first-order valence-corrected chi connectivity index (χ1v) is 7.16. The molecule has 5 nitrogen and oxygen atoms in total. The summed E-state index contributed by atoms with van der Waals surface area (Å²) in [5.41, 5.74) is 6.80. The number of rotatable bonds is 6. The molecule has 0 saturated carbocycles. The topological polar surface area (TPSA) is 66.0 Å². The summed E-state index contributed by atoms with van der Waals surface area (Å²) in [4.78, 5) is 0. The van der Waals surface area contributed by atoms with Crippen molar-refractivity contribution in [2.75, 3.05) is 6.61 Å². The summed E-state index contributed by atoms with van der Waals surface area (Å²) in [6.45, 7) is 3.08. The summed E-state index contributed by atoms with van der Waals surface area (Å²) in [5, 5.41) is 9.04. The van der Waals surface area contributed by atoms with Crippen LogP contribution in [0.3, 0.4) is 0 Å². The van der Waals surface area contributed by atoms with Crippen LogP contribution in [0.25, 0.3) is 0 Å². The highest BCUT2D eigenvalue weighted by atomic mass is 32.2. The van der Waals surface area contributed by atoms with Gasteiger partial charge >= 0.3 is 0 Å². The number of ether oxygens (including phenoxy) is 1. The number of nitrogens with zero attached hydrogens (tertiary/aromatic N) is 3. The number of hydrogen-bond acceptors (Lipinski definition) is 5. The molecule has 2 N–H and O–H groups in total. The van der Waals surface area contributed by atoms with Crippen molar-refractivity contribution >= 4 is 11.8 Å². The molecule has 1 heterocycles. The van der Waals surface area contributed by atoms with E-state index in [2.05, 4.69) is 22.3 Å². The van der Waals surface area contributed by atoms with Crippen molar-refractivity contribution in [2.45, 2.75) is 24.4 Å². The zero-order valence-electron chi connectivity index (χ0n) is 11.2. The lowest BCUT2D eigenvalue weighted by Gasteiger charge is -2.05. The van der Waals surface area contributed by atoms with Crippen LogP contribution in [0.2, 0.25) is 0 Å². The molecule has 0 bridgehead atoms. The molecule has 2 aromatic rings. The van der Waals surface area contributed by atoms with Gasteiger partial charge in [0.15, 0.2) is 5.16 Å². The molecule has 0 saturated heterocycles. The van der Waals surface area contributed by atoms with E-state index in [1.165, 1.54) is 5.56 Å². The first-order chi connectivity index (χ1) is 9.24. The number of hydrogen-bond donors (Lipinski definition) is 1. The van der Waals surface area contributed by atoms with E-state index in [-0.39, 0.29) is 0 Å². The minimum Gasteiger partial charge on any atom is -0.494 e. The summed E-state index contributed by atoms with van der Waals surface area (Å²) < 4.78 is 7.34. The first kappa shape index (κ1) is 13.9. The maximum absolute atomic E-state index is 5.57. The highest BCUT2D eigenvalue weighted by molar-refractivity contribution is 7.98. The minimum atomic E-state index is 0.410. The SMILES string of the molecule is CCOc1ccc(CSc2nnc(CN)n2C)cc1. The van der Waals surface area contributed by atoms with Crippen molar-refractivity contribution in [1.82, 2.24) is 14.8 Å². The van der Waals surface area contributed by atoms with Gasteiger partial charge in [0.2, 0.25) is 0 Å². The molecule has 0 amide bonds. The molecule has 0 aliphatic rings. The lowest BCUT2D eigenvalue weighted by atomic mass is 10.2. The highest BCUT2D eigenvalue weighted by Crippen LogP contribution is 2.22. The summed E-state index contributed by atoms with van der Waals surface area (Å²) in [7, 11) is 1.93. The summed E-state index contributed by atoms with van der Waals surface area (Å²) in [5.74, 6) is 2.55. The summed E-state index contributed by atoms with van der Waals surface area (Å²) in [6.07, 6.45) is 0. The van der Waals surface area contributed by atoms with Gasteiger partial charge in [-0.25, -0.2) is 0 Å². The van der Waals surface area contributed by atoms with Gasteiger partial charge in [-0.1, -0.05) is 23.9 Å². The second kappa shape index (κ2) is 6.58. The van der Waals surface area contributed by atoms with Crippen molar-refractivity contribution in [1.29, 1.82) is 0 Å². The summed E-state index contributed by atoms with van der Waals surface area (Å²) in [6, 6.07) is 8.11. The normalized spacial score (nSPS) is 10.7. The molecule has 0 unspecified atom stereocenters. The van der Waals surface area contributed by atoms with Crippen molar-refractivity contribution in [2.24, 2.45) is 12.8 Å². The van der Waals surface area contributed by atoms with E-state index < -0.39 is 0 Å². The molecule has 0 fully saturated rings. The van der Waals surface area contributed by atoms with Crippen LogP contribution in [0, 0.1) is 0 Å². The van der Waals surface area contributed by atoms with Crippen LogP contribution in [0.4, 0.5) is 0 Å². The molecule has 0 aliphatic heterocycles. The van der Waals surface area contributed by atoms with Crippen LogP contribution in [0.15, 0.2) is 29.4 Å². The third-order valence-corrected chi connectivity index (χ3v) is 3.80. The van der Waals surface area contributed by atoms with Crippen LogP contribution in [-0.4, -0.2) is 21.4 Å². The average molecular weight is 278 g/mol. The van der Waals surface area contributed by atoms with Gasteiger partial charge in [0, 0.05) is 12.8 Å². The zero-order chi connectivity index (χ0) is 13.7. The Hall–Kier alpha value is -1.53. The van der Waals surface area contributed by atoms with Gasteiger partial charge in [0.1, 0.15) is 11.6 Å². The standard InChI is InChI=1S/C13H18N4OS/c1-3-18-11-6-4-10(5-7-11)9-19-13-16-15-12(8-14)17(13)2/h4-7H,3,8-9,14H2,1-2H3. The Morgan fingerprint density at radius 1 is 1.26 bits per heavy atom.